The molecular formula is C23H29N3O3. The van der Waals surface area contributed by atoms with Crippen molar-refractivity contribution in [1.82, 2.24) is 15.1 Å². The zero-order valence-electron chi connectivity index (χ0n) is 17.0. The second kappa shape index (κ2) is 9.29. The predicted molar refractivity (Wildman–Crippen MR) is 112 cm³/mol. The van der Waals surface area contributed by atoms with Gasteiger partial charge in [-0.1, -0.05) is 43.3 Å². The average molecular weight is 396 g/mol. The summed E-state index contributed by atoms with van der Waals surface area (Å²) in [7, 11) is 0. The molecule has 1 saturated heterocycles. The molecule has 1 N–H and O–H groups in total. The number of piperazine rings is 1. The molecule has 0 spiro atoms. The first kappa shape index (κ1) is 19.7. The molecule has 6 nitrogen and oxygen atoms in total. The number of hydrogen-bond acceptors (Lipinski definition) is 5. The second-order valence-corrected chi connectivity index (χ2v) is 7.86. The van der Waals surface area contributed by atoms with E-state index in [1.807, 2.05) is 24.3 Å². The summed E-state index contributed by atoms with van der Waals surface area (Å²) in [5.41, 5.74) is 2.49. The number of benzene rings is 2. The normalized spacial score (nSPS) is 17.8. The van der Waals surface area contributed by atoms with E-state index in [1.54, 1.807) is 0 Å². The molecular weight excluding hydrogens is 366 g/mol. The fourth-order valence-electron chi connectivity index (χ4n) is 3.83. The van der Waals surface area contributed by atoms with Crippen molar-refractivity contribution in [2.24, 2.45) is 0 Å². The minimum absolute atomic E-state index is 0.108. The van der Waals surface area contributed by atoms with Gasteiger partial charge in [0.1, 0.15) is 0 Å². The van der Waals surface area contributed by atoms with Gasteiger partial charge in [0.05, 0.1) is 6.54 Å². The fourth-order valence-corrected chi connectivity index (χ4v) is 3.83. The molecule has 1 atom stereocenters. The van der Waals surface area contributed by atoms with Crippen LogP contribution in [0.3, 0.4) is 0 Å². The van der Waals surface area contributed by atoms with Crippen molar-refractivity contribution in [3.05, 3.63) is 59.7 Å². The van der Waals surface area contributed by atoms with Gasteiger partial charge in [0.2, 0.25) is 12.7 Å². The number of amides is 1. The molecule has 4 rings (SSSR count). The third-order valence-electron chi connectivity index (χ3n) is 5.65. The summed E-state index contributed by atoms with van der Waals surface area (Å²) >= 11 is 0. The van der Waals surface area contributed by atoms with Gasteiger partial charge in [0.25, 0.3) is 0 Å². The molecule has 154 valence electrons. The Morgan fingerprint density at radius 3 is 2.52 bits per heavy atom. The fraction of sp³-hybridized carbons (Fsp3) is 0.435. The maximum atomic E-state index is 12.3. The minimum atomic E-state index is 0.108. The van der Waals surface area contributed by atoms with E-state index in [-0.39, 0.29) is 5.91 Å². The molecule has 0 radical (unpaired) electrons. The standard InChI is InChI=1S/C23H29N3O3/c1-18(20-5-3-2-4-6-20)14-24-23(27)16-26-11-9-25(10-12-26)15-19-7-8-21-22(13-19)29-17-28-21/h2-8,13,18H,9-12,14-17H2,1H3,(H,24,27)/t18-/m1/s1. The van der Waals surface area contributed by atoms with Crippen LogP contribution in [0, 0.1) is 0 Å². The van der Waals surface area contributed by atoms with Gasteiger partial charge in [-0.05, 0) is 29.2 Å². The molecule has 2 aromatic rings. The Balaban J connectivity index is 1.17. The van der Waals surface area contributed by atoms with Crippen LogP contribution in [0.25, 0.3) is 0 Å². The molecule has 0 saturated carbocycles. The molecule has 1 amide bonds. The van der Waals surface area contributed by atoms with Gasteiger partial charge in [-0.15, -0.1) is 0 Å². The lowest BCUT2D eigenvalue weighted by Gasteiger charge is -2.34. The quantitative estimate of drug-likeness (QED) is 0.781. The smallest absolute Gasteiger partial charge is 0.234 e. The van der Waals surface area contributed by atoms with Gasteiger partial charge >= 0.3 is 0 Å². The number of carbonyl (C=O) groups excluding carboxylic acids is 1. The third-order valence-corrected chi connectivity index (χ3v) is 5.65. The predicted octanol–water partition coefficient (Wildman–Crippen LogP) is 2.45. The highest BCUT2D eigenvalue weighted by molar-refractivity contribution is 5.78. The molecule has 6 heteroatoms. The summed E-state index contributed by atoms with van der Waals surface area (Å²) in [6.07, 6.45) is 0. The zero-order valence-corrected chi connectivity index (χ0v) is 17.0. The first-order valence-corrected chi connectivity index (χ1v) is 10.3. The Labute approximate surface area is 172 Å². The zero-order chi connectivity index (χ0) is 20.1. The van der Waals surface area contributed by atoms with E-state index in [4.69, 9.17) is 9.47 Å². The molecule has 0 unspecified atom stereocenters. The largest absolute Gasteiger partial charge is 0.454 e. The van der Waals surface area contributed by atoms with Gasteiger partial charge < -0.3 is 14.8 Å². The van der Waals surface area contributed by atoms with Crippen LogP contribution in [0.2, 0.25) is 0 Å². The van der Waals surface area contributed by atoms with Crippen LogP contribution in [-0.2, 0) is 11.3 Å². The van der Waals surface area contributed by atoms with E-state index in [1.165, 1.54) is 11.1 Å². The number of hydrogen-bond donors (Lipinski definition) is 1. The lowest BCUT2D eigenvalue weighted by Crippen LogP contribution is -2.49. The molecule has 2 heterocycles. The van der Waals surface area contributed by atoms with Crippen molar-refractivity contribution in [3.63, 3.8) is 0 Å². The highest BCUT2D eigenvalue weighted by Crippen LogP contribution is 2.32. The van der Waals surface area contributed by atoms with Crippen molar-refractivity contribution in [3.8, 4) is 11.5 Å². The van der Waals surface area contributed by atoms with Crippen LogP contribution in [0.5, 0.6) is 11.5 Å². The molecule has 1 fully saturated rings. The van der Waals surface area contributed by atoms with Gasteiger partial charge in [-0.2, -0.15) is 0 Å². The third kappa shape index (κ3) is 5.28. The van der Waals surface area contributed by atoms with E-state index in [0.29, 0.717) is 25.8 Å². The number of fused-ring (bicyclic) bond motifs is 1. The summed E-state index contributed by atoms with van der Waals surface area (Å²) in [4.78, 5) is 17.0. The average Bonchev–Trinajstić information content (AvgIpc) is 3.22. The van der Waals surface area contributed by atoms with Crippen molar-refractivity contribution in [2.75, 3.05) is 46.1 Å². The minimum Gasteiger partial charge on any atom is -0.454 e. The first-order valence-electron chi connectivity index (χ1n) is 10.3. The molecule has 0 aliphatic carbocycles. The van der Waals surface area contributed by atoms with Crippen molar-refractivity contribution in [1.29, 1.82) is 0 Å². The Morgan fingerprint density at radius 1 is 1.00 bits per heavy atom. The van der Waals surface area contributed by atoms with Crippen LogP contribution in [0.1, 0.15) is 24.0 Å². The molecule has 0 bridgehead atoms. The van der Waals surface area contributed by atoms with Crippen LogP contribution in [-0.4, -0.2) is 61.8 Å². The summed E-state index contributed by atoms with van der Waals surface area (Å²) in [5, 5.41) is 3.08. The SMILES string of the molecule is C[C@H](CNC(=O)CN1CCN(Cc2ccc3c(c2)OCO3)CC1)c1ccccc1. The molecule has 2 aliphatic heterocycles. The number of nitrogens with one attached hydrogen (secondary N) is 1. The summed E-state index contributed by atoms with van der Waals surface area (Å²) in [6, 6.07) is 16.5. The van der Waals surface area contributed by atoms with Crippen molar-refractivity contribution >= 4 is 5.91 Å². The van der Waals surface area contributed by atoms with E-state index < -0.39 is 0 Å². The Hall–Kier alpha value is -2.57. The topological polar surface area (TPSA) is 54.0 Å². The van der Waals surface area contributed by atoms with Crippen LogP contribution < -0.4 is 14.8 Å². The monoisotopic (exact) mass is 395 g/mol. The molecule has 29 heavy (non-hydrogen) atoms. The number of rotatable bonds is 7. The number of carbonyl (C=O) groups is 1. The summed E-state index contributed by atoms with van der Waals surface area (Å²) in [5.74, 6) is 2.09. The molecule has 0 aromatic heterocycles. The van der Waals surface area contributed by atoms with Crippen LogP contribution >= 0.6 is 0 Å². The lowest BCUT2D eigenvalue weighted by molar-refractivity contribution is -0.122. The van der Waals surface area contributed by atoms with Crippen LogP contribution in [0.15, 0.2) is 48.5 Å². The Bertz CT molecular complexity index is 819. The highest BCUT2D eigenvalue weighted by atomic mass is 16.7. The molecule has 2 aromatic carbocycles. The highest BCUT2D eigenvalue weighted by Gasteiger charge is 2.20. The van der Waals surface area contributed by atoms with Gasteiger partial charge in [-0.25, -0.2) is 0 Å². The van der Waals surface area contributed by atoms with Gasteiger partial charge in [0.15, 0.2) is 11.5 Å². The van der Waals surface area contributed by atoms with E-state index >= 15 is 0 Å². The van der Waals surface area contributed by atoms with E-state index in [9.17, 15) is 4.79 Å². The number of ether oxygens (including phenoxy) is 2. The summed E-state index contributed by atoms with van der Waals surface area (Å²) in [6.45, 7) is 8.23. The van der Waals surface area contributed by atoms with E-state index in [2.05, 4.69) is 46.3 Å². The van der Waals surface area contributed by atoms with Crippen LogP contribution in [0.4, 0.5) is 0 Å². The van der Waals surface area contributed by atoms with Crippen molar-refractivity contribution < 1.29 is 14.3 Å². The van der Waals surface area contributed by atoms with E-state index in [0.717, 1.165) is 44.2 Å². The lowest BCUT2D eigenvalue weighted by atomic mass is 10.0. The first-order chi connectivity index (χ1) is 14.2. The van der Waals surface area contributed by atoms with Crippen molar-refractivity contribution in [2.45, 2.75) is 19.4 Å². The summed E-state index contributed by atoms with van der Waals surface area (Å²) < 4.78 is 10.8. The Morgan fingerprint density at radius 2 is 1.72 bits per heavy atom. The number of nitrogens with zero attached hydrogens (tertiary/aromatic N) is 2. The maximum Gasteiger partial charge on any atom is 0.234 e. The Kier molecular flexibility index (Phi) is 6.32. The second-order valence-electron chi connectivity index (χ2n) is 7.86. The maximum absolute atomic E-state index is 12.3. The molecule has 2 aliphatic rings. The van der Waals surface area contributed by atoms with Gasteiger partial charge in [0, 0.05) is 39.3 Å². The van der Waals surface area contributed by atoms with Gasteiger partial charge in [-0.3, -0.25) is 14.6 Å².